The van der Waals surface area contributed by atoms with Crippen molar-refractivity contribution in [3.63, 3.8) is 0 Å². The normalized spacial score (nSPS) is 11.1. The quantitative estimate of drug-likeness (QED) is 0.729. The van der Waals surface area contributed by atoms with Crippen LogP contribution in [0.5, 0.6) is 0 Å². The number of halogens is 2. The van der Waals surface area contributed by atoms with Crippen LogP contribution in [0.4, 0.5) is 5.95 Å². The number of rotatable bonds is 2. The molecule has 0 spiro atoms. The van der Waals surface area contributed by atoms with E-state index in [0.717, 1.165) is 0 Å². The molecule has 0 aliphatic rings. The zero-order valence-electron chi connectivity index (χ0n) is 7.20. The average molecular weight is 230 g/mol. The zero-order valence-corrected chi connectivity index (χ0v) is 8.71. The lowest BCUT2D eigenvalue weighted by atomic mass is 10.3. The van der Waals surface area contributed by atoms with E-state index in [2.05, 4.69) is 19.9 Å². The van der Waals surface area contributed by atoms with Gasteiger partial charge in [-0.3, -0.25) is 0 Å². The number of hydrogen-bond donors (Lipinski definition) is 0. The molecule has 1 aromatic heterocycles. The molecule has 1 heterocycles. The van der Waals surface area contributed by atoms with Crippen molar-refractivity contribution < 1.29 is 0 Å². The zero-order chi connectivity index (χ0) is 10.6. The first kappa shape index (κ1) is 10.8. The Kier molecular flexibility index (Phi) is 3.74. The maximum Gasteiger partial charge on any atom is 0.254 e. The van der Waals surface area contributed by atoms with E-state index in [4.69, 9.17) is 28.5 Å². The summed E-state index contributed by atoms with van der Waals surface area (Å²) in [6, 6.07) is 1.95. The Balaban J connectivity index is 2.97. The van der Waals surface area contributed by atoms with Crippen molar-refractivity contribution in [2.75, 3.05) is 0 Å². The van der Waals surface area contributed by atoms with Gasteiger partial charge in [-0.25, -0.2) is 4.99 Å². The fourth-order valence-corrected chi connectivity index (χ4v) is 1.05. The second-order valence-electron chi connectivity index (χ2n) is 2.36. The first-order valence-electron chi connectivity index (χ1n) is 3.60. The van der Waals surface area contributed by atoms with Crippen LogP contribution in [0.15, 0.2) is 4.99 Å². The van der Waals surface area contributed by atoms with E-state index in [9.17, 15) is 0 Å². The van der Waals surface area contributed by atoms with Gasteiger partial charge in [0.25, 0.3) is 5.95 Å². The summed E-state index contributed by atoms with van der Waals surface area (Å²) in [7, 11) is 0. The van der Waals surface area contributed by atoms with Crippen LogP contribution in [0.1, 0.15) is 13.3 Å². The van der Waals surface area contributed by atoms with Crippen molar-refractivity contribution in [1.82, 2.24) is 15.0 Å². The highest BCUT2D eigenvalue weighted by atomic mass is 35.5. The van der Waals surface area contributed by atoms with Crippen LogP contribution in [0.2, 0.25) is 10.6 Å². The van der Waals surface area contributed by atoms with Gasteiger partial charge in [-0.2, -0.15) is 20.2 Å². The highest BCUT2D eigenvalue weighted by Gasteiger charge is 2.01. The lowest BCUT2D eigenvalue weighted by Gasteiger charge is -1.95. The van der Waals surface area contributed by atoms with E-state index in [1.54, 1.807) is 6.92 Å². The van der Waals surface area contributed by atoms with Crippen LogP contribution in [0.3, 0.4) is 0 Å². The van der Waals surface area contributed by atoms with E-state index >= 15 is 0 Å². The van der Waals surface area contributed by atoms with Crippen molar-refractivity contribution in [1.29, 1.82) is 5.26 Å². The minimum atomic E-state index is -0.0199. The van der Waals surface area contributed by atoms with Crippen LogP contribution < -0.4 is 0 Å². The Hall–Kier alpha value is -1.25. The number of aromatic nitrogens is 3. The SMILES string of the molecule is CC(CC#N)=Nc1nc(Cl)nc(Cl)n1. The molecule has 0 N–H and O–H groups in total. The van der Waals surface area contributed by atoms with Gasteiger partial charge in [-0.15, -0.1) is 0 Å². The minimum Gasteiger partial charge on any atom is -0.220 e. The van der Waals surface area contributed by atoms with E-state index < -0.39 is 0 Å². The van der Waals surface area contributed by atoms with Crippen LogP contribution in [-0.2, 0) is 0 Å². The summed E-state index contributed by atoms with van der Waals surface area (Å²) in [5, 5.41) is 8.35. The number of nitriles is 1. The van der Waals surface area contributed by atoms with Crippen LogP contribution in [0, 0.1) is 11.3 Å². The molecule has 7 heteroatoms. The summed E-state index contributed by atoms with van der Waals surface area (Å²) in [5.41, 5.74) is 0.589. The lowest BCUT2D eigenvalue weighted by Crippen LogP contribution is -1.92. The maximum atomic E-state index is 8.39. The molecular weight excluding hydrogens is 225 g/mol. The van der Waals surface area contributed by atoms with Crippen molar-refractivity contribution in [2.45, 2.75) is 13.3 Å². The fraction of sp³-hybridized carbons (Fsp3) is 0.286. The molecule has 72 valence electrons. The van der Waals surface area contributed by atoms with Crippen molar-refractivity contribution in [2.24, 2.45) is 4.99 Å². The standard InChI is InChI=1S/C7H5Cl2N5/c1-4(2-3-10)11-7-13-5(8)12-6(9)14-7/h2H2,1H3. The van der Waals surface area contributed by atoms with Crippen molar-refractivity contribution in [3.8, 4) is 6.07 Å². The first-order chi connectivity index (χ1) is 6.61. The number of aliphatic imine (C=N–C) groups is 1. The molecule has 0 aliphatic carbocycles. The van der Waals surface area contributed by atoms with Gasteiger partial charge in [0.05, 0.1) is 12.5 Å². The summed E-state index contributed by atoms with van der Waals surface area (Å²) in [6.45, 7) is 1.69. The molecule has 0 amide bonds. The molecule has 0 saturated heterocycles. The Bertz CT molecular complexity index is 389. The van der Waals surface area contributed by atoms with Gasteiger partial charge >= 0.3 is 0 Å². The average Bonchev–Trinajstić information content (AvgIpc) is 2.01. The smallest absolute Gasteiger partial charge is 0.220 e. The molecule has 14 heavy (non-hydrogen) atoms. The van der Waals surface area contributed by atoms with E-state index in [-0.39, 0.29) is 22.9 Å². The largest absolute Gasteiger partial charge is 0.254 e. The minimum absolute atomic E-state index is 0.0199. The predicted octanol–water partition coefficient (Wildman–Crippen LogP) is 2.18. The topological polar surface area (TPSA) is 74.8 Å². The third-order valence-corrected chi connectivity index (χ3v) is 1.53. The van der Waals surface area contributed by atoms with Gasteiger partial charge in [0, 0.05) is 5.71 Å². The van der Waals surface area contributed by atoms with Crippen LogP contribution in [0.25, 0.3) is 0 Å². The third-order valence-electron chi connectivity index (χ3n) is 1.19. The monoisotopic (exact) mass is 229 g/mol. The molecule has 5 nitrogen and oxygen atoms in total. The Morgan fingerprint density at radius 2 is 1.93 bits per heavy atom. The molecule has 0 saturated carbocycles. The van der Waals surface area contributed by atoms with Gasteiger partial charge in [0.1, 0.15) is 0 Å². The van der Waals surface area contributed by atoms with Gasteiger partial charge in [-0.1, -0.05) is 0 Å². The Morgan fingerprint density at radius 1 is 1.36 bits per heavy atom. The summed E-state index contributed by atoms with van der Waals surface area (Å²) >= 11 is 11.1. The maximum absolute atomic E-state index is 8.39. The van der Waals surface area contributed by atoms with Crippen molar-refractivity contribution >= 4 is 34.9 Å². The Labute approximate surface area is 90.4 Å². The molecule has 0 bridgehead atoms. The molecule has 0 unspecified atom stereocenters. The van der Waals surface area contributed by atoms with Crippen LogP contribution in [-0.4, -0.2) is 20.7 Å². The molecule has 0 fully saturated rings. The van der Waals surface area contributed by atoms with E-state index in [1.807, 2.05) is 6.07 Å². The predicted molar refractivity (Wildman–Crippen MR) is 52.8 cm³/mol. The molecule has 0 radical (unpaired) electrons. The highest BCUT2D eigenvalue weighted by Crippen LogP contribution is 2.12. The molecular formula is C7H5Cl2N5. The summed E-state index contributed by atoms with van der Waals surface area (Å²) in [4.78, 5) is 14.9. The number of hydrogen-bond acceptors (Lipinski definition) is 5. The van der Waals surface area contributed by atoms with E-state index in [1.165, 1.54) is 0 Å². The molecule has 1 rings (SSSR count). The first-order valence-corrected chi connectivity index (χ1v) is 4.35. The second-order valence-corrected chi connectivity index (χ2v) is 3.03. The second kappa shape index (κ2) is 4.84. The fourth-order valence-electron chi connectivity index (χ4n) is 0.691. The highest BCUT2D eigenvalue weighted by molar-refractivity contribution is 6.31. The molecule has 1 aromatic rings. The van der Waals surface area contributed by atoms with Gasteiger partial charge in [0.15, 0.2) is 0 Å². The summed E-state index contributed by atoms with van der Waals surface area (Å²) in [6.07, 6.45) is 0.209. The summed E-state index contributed by atoms with van der Waals surface area (Å²) < 4.78 is 0. The molecule has 0 aromatic carbocycles. The summed E-state index contributed by atoms with van der Waals surface area (Å²) in [5.74, 6) is 0.114. The van der Waals surface area contributed by atoms with Gasteiger partial charge in [-0.05, 0) is 30.1 Å². The Morgan fingerprint density at radius 3 is 2.43 bits per heavy atom. The van der Waals surface area contributed by atoms with Crippen molar-refractivity contribution in [3.05, 3.63) is 10.6 Å². The van der Waals surface area contributed by atoms with Gasteiger partial charge < -0.3 is 0 Å². The van der Waals surface area contributed by atoms with E-state index in [0.29, 0.717) is 5.71 Å². The lowest BCUT2D eigenvalue weighted by molar-refractivity contribution is 1.03. The van der Waals surface area contributed by atoms with Gasteiger partial charge in [0.2, 0.25) is 10.6 Å². The third kappa shape index (κ3) is 3.24. The molecule has 0 aliphatic heterocycles. The van der Waals surface area contributed by atoms with Crippen LogP contribution >= 0.6 is 23.2 Å². The molecule has 0 atom stereocenters. The number of nitrogens with zero attached hydrogens (tertiary/aromatic N) is 5.